The van der Waals surface area contributed by atoms with E-state index >= 15 is 0 Å². The van der Waals surface area contributed by atoms with Gasteiger partial charge in [0.1, 0.15) is 5.60 Å². The molecule has 3 aromatic rings. The van der Waals surface area contributed by atoms with E-state index in [0.29, 0.717) is 29.2 Å². The molecule has 158 valence electrons. The number of aliphatic hydroxyl groups is 2. The molecule has 3 aromatic heterocycles. The molecule has 5 N–H and O–H groups in total. The number of aromatic amines is 1. The SMILES string of the molecule is CNC(=O)C12CC1[C@H]1[C@@H](n3cnc4c(NC)nc(C#Cc5ccc[nH]5)nc43)[C@@]1(O)[C@@H]2O. The summed E-state index contributed by atoms with van der Waals surface area (Å²) in [5.41, 5.74) is -0.412. The Morgan fingerprint density at radius 1 is 1.35 bits per heavy atom. The molecule has 3 aliphatic rings. The van der Waals surface area contributed by atoms with Gasteiger partial charge in [0.25, 0.3) is 0 Å². The van der Waals surface area contributed by atoms with Gasteiger partial charge in [-0.15, -0.1) is 0 Å². The van der Waals surface area contributed by atoms with Crippen LogP contribution in [0.1, 0.15) is 24.0 Å². The van der Waals surface area contributed by atoms with E-state index in [1.165, 1.54) is 0 Å². The molecule has 31 heavy (non-hydrogen) atoms. The zero-order valence-electron chi connectivity index (χ0n) is 16.9. The van der Waals surface area contributed by atoms with E-state index in [2.05, 4.69) is 42.4 Å². The molecular formula is C21H21N7O3. The van der Waals surface area contributed by atoms with Crippen LogP contribution in [0.2, 0.25) is 0 Å². The maximum Gasteiger partial charge on any atom is 0.229 e. The number of imidazole rings is 1. The molecule has 0 aromatic carbocycles. The highest BCUT2D eigenvalue weighted by Gasteiger charge is 2.91. The molecule has 0 spiro atoms. The number of amides is 1. The lowest BCUT2D eigenvalue weighted by atomic mass is 9.93. The number of nitrogens with one attached hydrogen (secondary N) is 3. The molecule has 0 aliphatic heterocycles. The lowest BCUT2D eigenvalue weighted by Gasteiger charge is -2.25. The summed E-state index contributed by atoms with van der Waals surface area (Å²) < 4.78 is 1.79. The fourth-order valence-corrected chi connectivity index (χ4v) is 5.66. The molecule has 3 saturated carbocycles. The number of nitrogens with zero attached hydrogens (tertiary/aromatic N) is 4. The van der Waals surface area contributed by atoms with Gasteiger partial charge in [0.2, 0.25) is 11.7 Å². The normalized spacial score (nSPS) is 34.5. The quantitative estimate of drug-likeness (QED) is 0.365. The number of rotatable bonds is 3. The van der Waals surface area contributed by atoms with Crippen LogP contribution < -0.4 is 10.6 Å². The Kier molecular flexibility index (Phi) is 3.46. The molecular weight excluding hydrogens is 398 g/mol. The third-order valence-electron chi connectivity index (χ3n) is 7.17. The van der Waals surface area contributed by atoms with E-state index in [0.717, 1.165) is 5.69 Å². The highest BCUT2D eigenvalue weighted by atomic mass is 16.4. The van der Waals surface area contributed by atoms with Gasteiger partial charge in [-0.1, -0.05) is 0 Å². The van der Waals surface area contributed by atoms with Gasteiger partial charge < -0.3 is 30.4 Å². The number of hydrogen-bond acceptors (Lipinski definition) is 7. The van der Waals surface area contributed by atoms with Crippen molar-refractivity contribution in [3.05, 3.63) is 36.2 Å². The number of anilines is 1. The lowest BCUT2D eigenvalue weighted by Crippen LogP contribution is -2.45. The van der Waals surface area contributed by atoms with Crippen LogP contribution >= 0.6 is 0 Å². The molecule has 6 rings (SSSR count). The van der Waals surface area contributed by atoms with Crippen LogP contribution in [0.5, 0.6) is 0 Å². The van der Waals surface area contributed by atoms with Crippen LogP contribution in [-0.4, -0.2) is 66.4 Å². The first-order valence-corrected chi connectivity index (χ1v) is 10.2. The highest BCUT2D eigenvalue weighted by molar-refractivity contribution is 5.89. The van der Waals surface area contributed by atoms with Crippen LogP contribution in [0.25, 0.3) is 11.2 Å². The van der Waals surface area contributed by atoms with Crippen LogP contribution in [0.4, 0.5) is 5.82 Å². The molecule has 10 heteroatoms. The van der Waals surface area contributed by atoms with Crippen molar-refractivity contribution in [3.63, 3.8) is 0 Å². The topological polar surface area (TPSA) is 141 Å². The number of fused-ring (bicyclic) bond motifs is 4. The van der Waals surface area contributed by atoms with Crippen molar-refractivity contribution in [2.24, 2.45) is 17.3 Å². The Morgan fingerprint density at radius 2 is 2.19 bits per heavy atom. The Morgan fingerprint density at radius 3 is 2.84 bits per heavy atom. The second kappa shape index (κ2) is 5.84. The Labute approximate surface area is 177 Å². The largest absolute Gasteiger partial charge is 0.389 e. The molecule has 2 unspecified atom stereocenters. The number of aromatic nitrogens is 5. The molecule has 10 nitrogen and oxygen atoms in total. The second-order valence-corrected chi connectivity index (χ2v) is 8.49. The van der Waals surface area contributed by atoms with Gasteiger partial charge >= 0.3 is 0 Å². The van der Waals surface area contributed by atoms with Crippen molar-refractivity contribution < 1.29 is 15.0 Å². The van der Waals surface area contributed by atoms with Crippen molar-refractivity contribution >= 4 is 22.9 Å². The van der Waals surface area contributed by atoms with Crippen molar-refractivity contribution in [1.82, 2.24) is 29.8 Å². The molecule has 0 radical (unpaired) electrons. The Balaban J connectivity index is 1.40. The first-order valence-electron chi connectivity index (χ1n) is 10.2. The summed E-state index contributed by atoms with van der Waals surface area (Å²) in [4.78, 5) is 28.8. The molecule has 6 atom stereocenters. The smallest absolute Gasteiger partial charge is 0.229 e. The van der Waals surface area contributed by atoms with E-state index in [4.69, 9.17) is 0 Å². The van der Waals surface area contributed by atoms with Crippen LogP contribution in [-0.2, 0) is 4.79 Å². The maximum absolute atomic E-state index is 12.4. The Bertz CT molecular complexity index is 1290. The van der Waals surface area contributed by atoms with Crippen molar-refractivity contribution in [2.45, 2.75) is 24.2 Å². The van der Waals surface area contributed by atoms with Gasteiger partial charge in [-0.3, -0.25) is 4.79 Å². The molecule has 3 fully saturated rings. The van der Waals surface area contributed by atoms with Crippen LogP contribution in [0.15, 0.2) is 24.7 Å². The van der Waals surface area contributed by atoms with Gasteiger partial charge in [-0.2, -0.15) is 0 Å². The van der Waals surface area contributed by atoms with Gasteiger partial charge in [0, 0.05) is 26.2 Å². The summed E-state index contributed by atoms with van der Waals surface area (Å²) in [7, 11) is 3.30. The number of carbonyl (C=O) groups excluding carboxylic acids is 1. The van der Waals surface area contributed by atoms with Crippen molar-refractivity contribution in [1.29, 1.82) is 0 Å². The fraction of sp³-hybridized carbons (Fsp3) is 0.429. The van der Waals surface area contributed by atoms with E-state index in [-0.39, 0.29) is 17.7 Å². The van der Waals surface area contributed by atoms with E-state index in [9.17, 15) is 15.0 Å². The molecule has 1 amide bonds. The molecule has 3 aliphatic carbocycles. The zero-order chi connectivity index (χ0) is 21.5. The minimum absolute atomic E-state index is 0.0624. The van der Waals surface area contributed by atoms with Gasteiger partial charge in [-0.25, -0.2) is 15.0 Å². The summed E-state index contributed by atoms with van der Waals surface area (Å²) in [6, 6.07) is 3.31. The van der Waals surface area contributed by atoms with Crippen molar-refractivity contribution in [2.75, 3.05) is 19.4 Å². The average Bonchev–Trinajstić information content (AvgIpc) is 3.41. The number of carbonyl (C=O) groups is 1. The van der Waals surface area contributed by atoms with Gasteiger partial charge in [0.05, 0.1) is 29.6 Å². The van der Waals surface area contributed by atoms with Gasteiger partial charge in [0.15, 0.2) is 17.0 Å². The number of aliphatic hydroxyl groups excluding tert-OH is 1. The first-order chi connectivity index (χ1) is 15.0. The number of H-pyrrole nitrogens is 1. The monoisotopic (exact) mass is 419 g/mol. The average molecular weight is 419 g/mol. The minimum Gasteiger partial charge on any atom is -0.389 e. The van der Waals surface area contributed by atoms with Crippen LogP contribution in [0.3, 0.4) is 0 Å². The minimum atomic E-state index is -1.37. The van der Waals surface area contributed by atoms with Gasteiger partial charge in [-0.05, 0) is 36.3 Å². The predicted octanol–water partition coefficient (Wildman–Crippen LogP) is -0.375. The summed E-state index contributed by atoms with van der Waals surface area (Å²) in [6.07, 6.45) is 2.85. The first kappa shape index (κ1) is 18.4. The molecule has 0 saturated heterocycles. The fourth-order valence-electron chi connectivity index (χ4n) is 5.66. The predicted molar refractivity (Wildman–Crippen MR) is 110 cm³/mol. The number of hydrogen-bond donors (Lipinski definition) is 5. The van der Waals surface area contributed by atoms with E-state index < -0.39 is 23.2 Å². The molecule has 3 heterocycles. The Hall–Kier alpha value is -3.42. The summed E-state index contributed by atoms with van der Waals surface area (Å²) >= 11 is 0. The lowest BCUT2D eigenvalue weighted by molar-refractivity contribution is -0.134. The highest BCUT2D eigenvalue weighted by Crippen LogP contribution is 2.82. The summed E-state index contributed by atoms with van der Waals surface area (Å²) in [5, 5.41) is 27.9. The zero-order valence-corrected chi connectivity index (χ0v) is 16.9. The van der Waals surface area contributed by atoms with Crippen LogP contribution in [0, 0.1) is 29.1 Å². The van der Waals surface area contributed by atoms with Crippen molar-refractivity contribution in [3.8, 4) is 11.8 Å². The third kappa shape index (κ3) is 2.14. The van der Waals surface area contributed by atoms with E-state index in [1.807, 2.05) is 12.1 Å². The second-order valence-electron chi connectivity index (χ2n) is 8.49. The van der Waals surface area contributed by atoms with E-state index in [1.54, 1.807) is 31.2 Å². The standard InChI is InChI=1S/C21H21N7O3/c1-22-16-14-17(27-12(26-16)6-5-10-4-3-7-24-10)28(9-25-14)15-13-11-8-20(11,19(30)23-2)18(29)21(13,15)31/h3-4,7,9,11,13,15,18,24,29,31H,8H2,1-2H3,(H,23,30)(H,22,26,27)/t11?,13-,15+,18+,20?,21+/m0/s1. The summed E-state index contributed by atoms with van der Waals surface area (Å²) in [5.74, 6) is 6.29. The third-order valence-corrected chi connectivity index (χ3v) is 7.17. The summed E-state index contributed by atoms with van der Waals surface area (Å²) in [6.45, 7) is 0. The molecule has 0 bridgehead atoms. The maximum atomic E-state index is 12.4.